The van der Waals surface area contributed by atoms with Crippen molar-refractivity contribution in [2.45, 2.75) is 70.0 Å². The largest absolute Gasteiger partial charge is 0.384 e. The van der Waals surface area contributed by atoms with E-state index in [-0.39, 0.29) is 5.41 Å². The van der Waals surface area contributed by atoms with Crippen LogP contribution in [0.25, 0.3) is 0 Å². The van der Waals surface area contributed by atoms with Gasteiger partial charge in [-0.3, -0.25) is 9.97 Å². The average Bonchev–Trinajstić information content (AvgIpc) is 2.87. The molecule has 1 fully saturated rings. The molecule has 0 saturated carbocycles. The Bertz CT molecular complexity index is 1220. The van der Waals surface area contributed by atoms with E-state index in [1.54, 1.807) is 6.20 Å². The van der Waals surface area contributed by atoms with E-state index in [0.717, 1.165) is 60.3 Å². The lowest BCUT2D eigenvalue weighted by Gasteiger charge is -2.56. The van der Waals surface area contributed by atoms with E-state index in [2.05, 4.69) is 79.1 Å². The van der Waals surface area contributed by atoms with Gasteiger partial charge in [0.15, 0.2) is 0 Å². The van der Waals surface area contributed by atoms with Crippen molar-refractivity contribution in [3.63, 3.8) is 0 Å². The number of rotatable bonds is 7. The van der Waals surface area contributed by atoms with Gasteiger partial charge in [-0.15, -0.1) is 0 Å². The molecular weight excluding hydrogens is 446 g/mol. The zero-order valence-electron chi connectivity index (χ0n) is 22.0. The smallest absolute Gasteiger partial charge is 0.124 e. The molecule has 1 aliphatic heterocycles. The Hall–Kier alpha value is -2.60. The minimum absolute atomic E-state index is 0.328. The van der Waals surface area contributed by atoms with Gasteiger partial charge >= 0.3 is 0 Å². The number of aliphatic hydroxyl groups is 2. The summed E-state index contributed by atoms with van der Waals surface area (Å²) < 4.78 is 0. The maximum Gasteiger partial charge on any atom is 0.124 e. The molecule has 5 rings (SSSR count). The molecule has 5 heteroatoms. The predicted molar refractivity (Wildman–Crippen MR) is 143 cm³/mol. The fraction of sp³-hybridized carbons (Fsp3) is 0.484. The summed E-state index contributed by atoms with van der Waals surface area (Å²) in [6, 6.07) is 14.6. The second kappa shape index (κ2) is 9.37. The summed E-state index contributed by atoms with van der Waals surface area (Å²) in [6.45, 7) is 8.16. The quantitative estimate of drug-likeness (QED) is 0.496. The lowest BCUT2D eigenvalue weighted by atomic mass is 9.62. The molecule has 2 atom stereocenters. The van der Waals surface area contributed by atoms with Crippen molar-refractivity contribution >= 4 is 0 Å². The standard InChI is InChI=1S/C31H39N3O2/c1-22(2)24-9-11-26(12-10-24)31(36,29(3)20-34(4)21-29)27-17-23(18-32-19-27)13-15-30(35)14-5-7-25-8-6-16-33-28(25)30/h6,8-12,16-19,22,35-36H,5,7,13-15,20-21H2,1-4H3/t30?,31-/m0/s1. The minimum atomic E-state index is -1.16. The minimum Gasteiger partial charge on any atom is -0.384 e. The number of likely N-dealkylation sites (tertiary alicyclic amines) is 1. The van der Waals surface area contributed by atoms with Gasteiger partial charge in [0, 0.05) is 42.7 Å². The Labute approximate surface area is 215 Å². The topological polar surface area (TPSA) is 69.5 Å². The van der Waals surface area contributed by atoms with Gasteiger partial charge < -0.3 is 15.1 Å². The molecule has 1 unspecified atom stereocenters. The molecule has 0 radical (unpaired) electrons. The number of benzene rings is 1. The Morgan fingerprint density at radius 1 is 1.08 bits per heavy atom. The molecule has 3 heterocycles. The number of aryl methyl sites for hydroxylation is 2. The van der Waals surface area contributed by atoms with Crippen LogP contribution >= 0.6 is 0 Å². The maximum atomic E-state index is 12.5. The van der Waals surface area contributed by atoms with E-state index in [1.807, 2.05) is 18.5 Å². The van der Waals surface area contributed by atoms with Gasteiger partial charge in [0.1, 0.15) is 11.2 Å². The Morgan fingerprint density at radius 2 is 1.83 bits per heavy atom. The molecule has 1 saturated heterocycles. The van der Waals surface area contributed by atoms with Crippen LogP contribution in [0.4, 0.5) is 0 Å². The molecule has 0 spiro atoms. The number of aromatic nitrogens is 2. The third-order valence-electron chi connectivity index (χ3n) is 8.51. The van der Waals surface area contributed by atoms with Crippen molar-refractivity contribution in [1.82, 2.24) is 14.9 Å². The molecule has 190 valence electrons. The highest BCUT2D eigenvalue weighted by molar-refractivity contribution is 5.42. The highest BCUT2D eigenvalue weighted by Gasteiger charge is 2.55. The van der Waals surface area contributed by atoms with Crippen LogP contribution in [0.15, 0.2) is 61.1 Å². The van der Waals surface area contributed by atoms with Gasteiger partial charge in [-0.2, -0.15) is 0 Å². The SMILES string of the molecule is CC(C)c1ccc([C@](O)(c2cncc(CCC3(O)CCCc4cccnc43)c2)C2(C)CN(C)C2)cc1. The van der Waals surface area contributed by atoms with E-state index in [4.69, 9.17) is 0 Å². The van der Waals surface area contributed by atoms with Crippen LogP contribution in [0.5, 0.6) is 0 Å². The summed E-state index contributed by atoms with van der Waals surface area (Å²) in [4.78, 5) is 11.4. The predicted octanol–water partition coefficient (Wildman–Crippen LogP) is 4.94. The summed E-state index contributed by atoms with van der Waals surface area (Å²) in [5.74, 6) is 0.438. The van der Waals surface area contributed by atoms with Crippen molar-refractivity contribution in [3.8, 4) is 0 Å². The Kier molecular flexibility index (Phi) is 6.52. The van der Waals surface area contributed by atoms with Gasteiger partial charge in [-0.25, -0.2) is 0 Å². The van der Waals surface area contributed by atoms with Crippen LogP contribution in [-0.2, 0) is 24.0 Å². The monoisotopic (exact) mass is 485 g/mol. The van der Waals surface area contributed by atoms with Gasteiger partial charge in [0.05, 0.1) is 5.69 Å². The second-order valence-electron chi connectivity index (χ2n) is 11.7. The van der Waals surface area contributed by atoms with E-state index >= 15 is 0 Å². The van der Waals surface area contributed by atoms with Crippen molar-refractivity contribution in [3.05, 3.63) is 94.6 Å². The molecule has 0 amide bonds. The van der Waals surface area contributed by atoms with Gasteiger partial charge in [-0.05, 0) is 79.5 Å². The van der Waals surface area contributed by atoms with Crippen LogP contribution in [0, 0.1) is 5.41 Å². The Balaban J connectivity index is 1.46. The summed E-state index contributed by atoms with van der Waals surface area (Å²) in [6.07, 6.45) is 9.38. The second-order valence-corrected chi connectivity index (χ2v) is 11.7. The third kappa shape index (κ3) is 4.27. The molecule has 2 N–H and O–H groups in total. The molecule has 3 aromatic rings. The maximum absolute atomic E-state index is 12.5. The molecule has 1 aliphatic carbocycles. The van der Waals surface area contributed by atoms with Crippen molar-refractivity contribution in [2.24, 2.45) is 5.41 Å². The van der Waals surface area contributed by atoms with Crippen molar-refractivity contribution in [2.75, 3.05) is 20.1 Å². The number of nitrogens with zero attached hydrogens (tertiary/aromatic N) is 3. The lowest BCUT2D eigenvalue weighted by molar-refractivity contribution is -0.127. The summed E-state index contributed by atoms with van der Waals surface area (Å²) in [5, 5.41) is 24.0. The van der Waals surface area contributed by atoms with E-state index < -0.39 is 11.2 Å². The van der Waals surface area contributed by atoms with Crippen molar-refractivity contribution < 1.29 is 10.2 Å². The van der Waals surface area contributed by atoms with Crippen LogP contribution in [0.1, 0.15) is 79.5 Å². The summed E-state index contributed by atoms with van der Waals surface area (Å²) >= 11 is 0. The molecule has 1 aromatic carbocycles. The fourth-order valence-corrected chi connectivity index (χ4v) is 6.51. The first kappa shape index (κ1) is 25.1. The van der Waals surface area contributed by atoms with Crippen LogP contribution in [0.2, 0.25) is 0 Å². The molecule has 0 bridgehead atoms. The van der Waals surface area contributed by atoms with Gasteiger partial charge in [0.25, 0.3) is 0 Å². The fourth-order valence-electron chi connectivity index (χ4n) is 6.51. The first-order valence-electron chi connectivity index (χ1n) is 13.3. The van der Waals surface area contributed by atoms with E-state index in [0.29, 0.717) is 18.8 Å². The highest BCUT2D eigenvalue weighted by Crippen LogP contribution is 2.50. The number of hydrogen-bond acceptors (Lipinski definition) is 5. The summed E-state index contributed by atoms with van der Waals surface area (Å²) in [7, 11) is 2.09. The molecule has 36 heavy (non-hydrogen) atoms. The van der Waals surface area contributed by atoms with Crippen LogP contribution < -0.4 is 0 Å². The molecular formula is C31H39N3O2. The number of hydrogen-bond donors (Lipinski definition) is 2. The molecule has 5 nitrogen and oxygen atoms in total. The average molecular weight is 486 g/mol. The zero-order valence-corrected chi connectivity index (χ0v) is 22.0. The number of pyridine rings is 2. The first-order chi connectivity index (χ1) is 17.1. The summed E-state index contributed by atoms with van der Waals surface area (Å²) in [5.41, 5.74) is 3.59. The zero-order chi connectivity index (χ0) is 25.6. The van der Waals surface area contributed by atoms with Gasteiger partial charge in [0.2, 0.25) is 0 Å². The van der Waals surface area contributed by atoms with E-state index in [9.17, 15) is 10.2 Å². The molecule has 2 aromatic heterocycles. The van der Waals surface area contributed by atoms with Crippen LogP contribution in [0.3, 0.4) is 0 Å². The Morgan fingerprint density at radius 3 is 2.53 bits per heavy atom. The normalized spacial score (nSPS) is 23.1. The highest BCUT2D eigenvalue weighted by atomic mass is 16.3. The molecule has 2 aliphatic rings. The van der Waals surface area contributed by atoms with E-state index in [1.165, 1.54) is 5.56 Å². The van der Waals surface area contributed by atoms with Gasteiger partial charge in [-0.1, -0.05) is 51.1 Å². The van der Waals surface area contributed by atoms with Crippen LogP contribution in [-0.4, -0.2) is 45.2 Å². The van der Waals surface area contributed by atoms with Crippen molar-refractivity contribution in [1.29, 1.82) is 0 Å². The number of fused-ring (bicyclic) bond motifs is 1. The first-order valence-corrected chi connectivity index (χ1v) is 13.3. The lowest BCUT2D eigenvalue weighted by Crippen LogP contribution is -2.63. The third-order valence-corrected chi connectivity index (χ3v) is 8.51.